The molecule has 15 heavy (non-hydrogen) atoms. The first-order valence-electron chi connectivity index (χ1n) is 4.46. The molecular formula is C10H14N2O3. The van der Waals surface area contributed by atoms with Crippen LogP contribution in [0.1, 0.15) is 18.1 Å². The molecule has 1 N–H and O–H groups in total. The molecule has 5 nitrogen and oxygen atoms in total. The standard InChI is InChI=1S/C10H14N2O3/c1-4-5-8(13)7-6-11-10(15-3)12-9(7)14-2/h4,6,8,13H,1,5H2,2-3H3. The van der Waals surface area contributed by atoms with Crippen molar-refractivity contribution < 1.29 is 14.6 Å². The molecule has 0 aliphatic carbocycles. The lowest BCUT2D eigenvalue weighted by Gasteiger charge is -2.12. The Bertz CT molecular complexity index is 341. The van der Waals surface area contributed by atoms with Gasteiger partial charge in [-0.3, -0.25) is 0 Å². The molecule has 0 aliphatic heterocycles. The number of hydrogen-bond acceptors (Lipinski definition) is 5. The molecule has 1 aromatic heterocycles. The maximum atomic E-state index is 9.72. The Balaban J connectivity index is 3.01. The van der Waals surface area contributed by atoms with E-state index in [2.05, 4.69) is 16.5 Å². The Labute approximate surface area is 88.4 Å². The van der Waals surface area contributed by atoms with Crippen LogP contribution >= 0.6 is 0 Å². The van der Waals surface area contributed by atoms with E-state index in [9.17, 15) is 5.11 Å². The highest BCUT2D eigenvalue weighted by Gasteiger charge is 2.15. The molecule has 1 aromatic rings. The van der Waals surface area contributed by atoms with Gasteiger partial charge in [0.1, 0.15) is 0 Å². The van der Waals surface area contributed by atoms with Gasteiger partial charge in [-0.1, -0.05) is 6.08 Å². The van der Waals surface area contributed by atoms with Crippen LogP contribution in [0, 0.1) is 0 Å². The second kappa shape index (κ2) is 5.31. The Morgan fingerprint density at radius 2 is 2.27 bits per heavy atom. The Morgan fingerprint density at radius 3 is 2.80 bits per heavy atom. The molecule has 0 aromatic carbocycles. The summed E-state index contributed by atoms with van der Waals surface area (Å²) in [6, 6.07) is 0.210. The van der Waals surface area contributed by atoms with E-state index in [1.165, 1.54) is 20.4 Å². The molecule has 82 valence electrons. The first kappa shape index (κ1) is 11.5. The van der Waals surface area contributed by atoms with Gasteiger partial charge in [0.2, 0.25) is 5.88 Å². The summed E-state index contributed by atoms with van der Waals surface area (Å²) in [5.41, 5.74) is 0.526. The van der Waals surface area contributed by atoms with Crippen LogP contribution in [0.3, 0.4) is 0 Å². The molecule has 5 heteroatoms. The van der Waals surface area contributed by atoms with E-state index in [0.29, 0.717) is 17.9 Å². The summed E-state index contributed by atoms with van der Waals surface area (Å²) in [7, 11) is 2.94. The van der Waals surface area contributed by atoms with Gasteiger partial charge in [-0.15, -0.1) is 6.58 Å². The van der Waals surface area contributed by atoms with Gasteiger partial charge in [0, 0.05) is 6.20 Å². The van der Waals surface area contributed by atoms with Crippen molar-refractivity contribution in [3.05, 3.63) is 24.4 Å². The summed E-state index contributed by atoms with van der Waals surface area (Å²) in [6.07, 6.45) is 2.82. The van der Waals surface area contributed by atoms with Gasteiger partial charge < -0.3 is 14.6 Å². The summed E-state index contributed by atoms with van der Waals surface area (Å²) in [6.45, 7) is 3.55. The van der Waals surface area contributed by atoms with E-state index in [1.807, 2.05) is 0 Å². The van der Waals surface area contributed by atoms with Gasteiger partial charge in [-0.25, -0.2) is 4.98 Å². The lowest BCUT2D eigenvalue weighted by Crippen LogP contribution is -2.04. The van der Waals surface area contributed by atoms with Crippen molar-refractivity contribution in [1.82, 2.24) is 9.97 Å². The van der Waals surface area contributed by atoms with Gasteiger partial charge in [-0.05, 0) is 6.42 Å². The van der Waals surface area contributed by atoms with Gasteiger partial charge in [0.05, 0.1) is 25.9 Å². The molecule has 0 radical (unpaired) electrons. The van der Waals surface area contributed by atoms with Crippen LogP contribution in [-0.2, 0) is 0 Å². The average Bonchev–Trinajstić information content (AvgIpc) is 2.28. The minimum absolute atomic E-state index is 0.210. The third-order valence-corrected chi connectivity index (χ3v) is 1.88. The van der Waals surface area contributed by atoms with Gasteiger partial charge in [0.25, 0.3) is 0 Å². The van der Waals surface area contributed by atoms with Gasteiger partial charge in [0.15, 0.2) is 0 Å². The van der Waals surface area contributed by atoms with E-state index < -0.39 is 6.10 Å². The van der Waals surface area contributed by atoms with E-state index in [4.69, 9.17) is 9.47 Å². The molecule has 1 unspecified atom stereocenters. The number of aliphatic hydroxyl groups excluding tert-OH is 1. The van der Waals surface area contributed by atoms with Crippen molar-refractivity contribution in [3.8, 4) is 11.9 Å². The van der Waals surface area contributed by atoms with E-state index >= 15 is 0 Å². The highest BCUT2D eigenvalue weighted by atomic mass is 16.5. The number of nitrogens with zero attached hydrogens (tertiary/aromatic N) is 2. The number of aromatic nitrogens is 2. The quantitative estimate of drug-likeness (QED) is 0.737. The number of hydrogen-bond donors (Lipinski definition) is 1. The lowest BCUT2D eigenvalue weighted by atomic mass is 10.1. The van der Waals surface area contributed by atoms with Crippen LogP contribution in [0.25, 0.3) is 0 Å². The normalized spacial score (nSPS) is 11.9. The van der Waals surface area contributed by atoms with E-state index in [-0.39, 0.29) is 6.01 Å². The van der Waals surface area contributed by atoms with Crippen molar-refractivity contribution in [2.24, 2.45) is 0 Å². The second-order valence-electron chi connectivity index (χ2n) is 2.86. The molecule has 0 bridgehead atoms. The van der Waals surface area contributed by atoms with Crippen LogP contribution in [0.15, 0.2) is 18.9 Å². The van der Waals surface area contributed by atoms with Crippen molar-refractivity contribution in [1.29, 1.82) is 0 Å². The topological polar surface area (TPSA) is 64.5 Å². The lowest BCUT2D eigenvalue weighted by molar-refractivity contribution is 0.174. The maximum absolute atomic E-state index is 9.72. The minimum Gasteiger partial charge on any atom is -0.481 e. The molecule has 1 rings (SSSR count). The van der Waals surface area contributed by atoms with Crippen LogP contribution in [0.4, 0.5) is 0 Å². The molecule has 1 heterocycles. The first-order valence-corrected chi connectivity index (χ1v) is 4.46. The molecule has 1 atom stereocenters. The molecular weight excluding hydrogens is 196 g/mol. The zero-order valence-electron chi connectivity index (χ0n) is 8.80. The average molecular weight is 210 g/mol. The van der Waals surface area contributed by atoms with Gasteiger partial charge >= 0.3 is 6.01 Å². The number of ether oxygens (including phenoxy) is 2. The van der Waals surface area contributed by atoms with Crippen molar-refractivity contribution >= 4 is 0 Å². The fourth-order valence-electron chi connectivity index (χ4n) is 1.14. The second-order valence-corrected chi connectivity index (χ2v) is 2.86. The van der Waals surface area contributed by atoms with Crippen molar-refractivity contribution in [2.75, 3.05) is 14.2 Å². The Kier molecular flexibility index (Phi) is 4.05. The molecule has 0 spiro atoms. The molecule has 0 saturated heterocycles. The summed E-state index contributed by atoms with van der Waals surface area (Å²) in [5, 5.41) is 9.72. The highest BCUT2D eigenvalue weighted by Crippen LogP contribution is 2.25. The molecule has 0 amide bonds. The fourth-order valence-corrected chi connectivity index (χ4v) is 1.14. The number of rotatable bonds is 5. The van der Waals surface area contributed by atoms with Crippen molar-refractivity contribution in [3.63, 3.8) is 0 Å². The van der Waals surface area contributed by atoms with Crippen LogP contribution in [0.2, 0.25) is 0 Å². The third-order valence-electron chi connectivity index (χ3n) is 1.88. The molecule has 0 saturated carbocycles. The summed E-state index contributed by atoms with van der Waals surface area (Å²) in [5.74, 6) is 0.316. The SMILES string of the molecule is C=CCC(O)c1cnc(OC)nc1OC. The van der Waals surface area contributed by atoms with Crippen LogP contribution in [0.5, 0.6) is 11.9 Å². The summed E-state index contributed by atoms with van der Waals surface area (Å²) < 4.78 is 9.88. The predicted octanol–water partition coefficient (Wildman–Crippen LogP) is 1.10. The van der Waals surface area contributed by atoms with Crippen molar-refractivity contribution in [2.45, 2.75) is 12.5 Å². The van der Waals surface area contributed by atoms with Crippen LogP contribution in [-0.4, -0.2) is 29.3 Å². The largest absolute Gasteiger partial charge is 0.481 e. The first-order chi connectivity index (χ1) is 7.22. The smallest absolute Gasteiger partial charge is 0.319 e. The maximum Gasteiger partial charge on any atom is 0.319 e. The molecule has 0 aliphatic rings. The van der Waals surface area contributed by atoms with Gasteiger partial charge in [-0.2, -0.15) is 4.98 Å². The Hall–Kier alpha value is -1.62. The predicted molar refractivity (Wildman–Crippen MR) is 54.9 cm³/mol. The van der Waals surface area contributed by atoms with E-state index in [0.717, 1.165) is 0 Å². The minimum atomic E-state index is -0.705. The molecule has 0 fully saturated rings. The number of methoxy groups -OCH3 is 2. The van der Waals surface area contributed by atoms with Crippen LogP contribution < -0.4 is 9.47 Å². The third kappa shape index (κ3) is 2.66. The summed E-state index contributed by atoms with van der Waals surface area (Å²) >= 11 is 0. The monoisotopic (exact) mass is 210 g/mol. The highest BCUT2D eigenvalue weighted by molar-refractivity contribution is 5.27. The Morgan fingerprint density at radius 1 is 1.53 bits per heavy atom. The zero-order chi connectivity index (χ0) is 11.3. The number of aliphatic hydroxyl groups is 1. The zero-order valence-corrected chi connectivity index (χ0v) is 8.80. The summed E-state index contributed by atoms with van der Waals surface area (Å²) in [4.78, 5) is 7.86. The van der Waals surface area contributed by atoms with E-state index in [1.54, 1.807) is 6.08 Å². The fraction of sp³-hybridized carbons (Fsp3) is 0.400.